The highest BCUT2D eigenvalue weighted by molar-refractivity contribution is 8.00. The van der Waals surface area contributed by atoms with E-state index in [0.29, 0.717) is 23.7 Å². The highest BCUT2D eigenvalue weighted by atomic mass is 32.2. The number of anilines is 1. The van der Waals surface area contributed by atoms with Gasteiger partial charge in [0.15, 0.2) is 11.8 Å². The molecule has 4 rings (SSSR count). The smallest absolute Gasteiger partial charge is 0.416 e. The molecular formula is C19H16N2O4S. The molecule has 0 spiro atoms. The third-order valence-electron chi connectivity index (χ3n) is 4.06. The maximum atomic E-state index is 12.1. The van der Waals surface area contributed by atoms with Crippen LogP contribution in [0.5, 0.6) is 11.5 Å². The Labute approximate surface area is 155 Å². The van der Waals surface area contributed by atoms with Crippen molar-refractivity contribution in [3.8, 4) is 11.5 Å². The second-order valence-corrected chi connectivity index (χ2v) is 6.74. The molecular weight excluding hydrogens is 352 g/mol. The van der Waals surface area contributed by atoms with E-state index < -0.39 is 0 Å². The van der Waals surface area contributed by atoms with Crippen LogP contribution >= 0.6 is 11.8 Å². The van der Waals surface area contributed by atoms with Crippen molar-refractivity contribution in [1.82, 2.24) is 4.90 Å². The van der Waals surface area contributed by atoms with E-state index in [1.54, 1.807) is 48.0 Å². The molecule has 2 heterocycles. The highest BCUT2D eigenvalue weighted by Crippen LogP contribution is 2.49. The first-order valence-corrected chi connectivity index (χ1v) is 9.03. The Morgan fingerprint density at radius 1 is 1.23 bits per heavy atom. The Kier molecular flexibility index (Phi) is 4.30. The lowest BCUT2D eigenvalue weighted by atomic mass is 10.2. The number of nitrogens with zero attached hydrogens (tertiary/aromatic N) is 2. The van der Waals surface area contributed by atoms with Gasteiger partial charge in [-0.15, -0.1) is 0 Å². The van der Waals surface area contributed by atoms with Crippen LogP contribution in [-0.2, 0) is 4.74 Å². The molecule has 7 heteroatoms. The molecule has 2 aliphatic heterocycles. The van der Waals surface area contributed by atoms with E-state index in [1.165, 1.54) is 0 Å². The SMILES string of the molecule is CCOC(=O)N1C=CN2c3cc(Oc4ccccc4C=O)ccc3SC12. The Morgan fingerprint density at radius 2 is 2.08 bits per heavy atom. The van der Waals surface area contributed by atoms with Crippen LogP contribution in [0.15, 0.2) is 59.8 Å². The van der Waals surface area contributed by atoms with Gasteiger partial charge in [0.05, 0.1) is 17.9 Å². The summed E-state index contributed by atoms with van der Waals surface area (Å²) in [5.41, 5.74) is 1.25. The molecule has 1 unspecified atom stereocenters. The molecule has 6 nitrogen and oxygen atoms in total. The van der Waals surface area contributed by atoms with E-state index >= 15 is 0 Å². The largest absolute Gasteiger partial charge is 0.457 e. The average molecular weight is 368 g/mol. The van der Waals surface area contributed by atoms with Crippen molar-refractivity contribution in [2.75, 3.05) is 11.5 Å². The van der Waals surface area contributed by atoms with Gasteiger partial charge in [-0.3, -0.25) is 9.69 Å². The van der Waals surface area contributed by atoms with Crippen LogP contribution in [0.3, 0.4) is 0 Å². The summed E-state index contributed by atoms with van der Waals surface area (Å²) in [5.74, 6) is 1.14. The third kappa shape index (κ3) is 2.80. The fraction of sp³-hybridized carbons (Fsp3) is 0.158. The summed E-state index contributed by atoms with van der Waals surface area (Å²) in [5, 5.41) is 0. The van der Waals surface area contributed by atoms with Crippen LogP contribution in [0.25, 0.3) is 0 Å². The molecule has 0 saturated heterocycles. The summed E-state index contributed by atoms with van der Waals surface area (Å²) in [6.07, 6.45) is 3.97. The van der Waals surface area contributed by atoms with Gasteiger partial charge in [-0.05, 0) is 31.2 Å². The molecule has 2 aliphatic rings. The van der Waals surface area contributed by atoms with Crippen LogP contribution in [0.2, 0.25) is 0 Å². The van der Waals surface area contributed by atoms with E-state index in [-0.39, 0.29) is 11.6 Å². The molecule has 0 N–H and O–H groups in total. The van der Waals surface area contributed by atoms with Crippen molar-refractivity contribution in [1.29, 1.82) is 0 Å². The number of hydrogen-bond donors (Lipinski definition) is 0. The Balaban J connectivity index is 1.58. The average Bonchev–Trinajstić information content (AvgIpc) is 3.21. The zero-order valence-corrected chi connectivity index (χ0v) is 14.8. The number of hydrogen-bond acceptors (Lipinski definition) is 6. The van der Waals surface area contributed by atoms with Gasteiger partial charge >= 0.3 is 6.09 Å². The molecule has 1 amide bonds. The van der Waals surface area contributed by atoms with Gasteiger partial charge in [0.1, 0.15) is 11.5 Å². The van der Waals surface area contributed by atoms with Crippen molar-refractivity contribution in [2.45, 2.75) is 17.3 Å². The predicted molar refractivity (Wildman–Crippen MR) is 98.5 cm³/mol. The van der Waals surface area contributed by atoms with E-state index in [2.05, 4.69) is 0 Å². The standard InChI is InChI=1S/C19H16N2O4S/c1-2-24-19(23)21-10-9-20-15-11-14(7-8-17(15)26-18(20)21)25-16-6-4-3-5-13(16)12-22/h3-12,18H,2H2,1H3. The summed E-state index contributed by atoms with van der Waals surface area (Å²) in [6, 6.07) is 12.8. The van der Waals surface area contributed by atoms with E-state index in [0.717, 1.165) is 16.9 Å². The zero-order chi connectivity index (χ0) is 18.1. The topological polar surface area (TPSA) is 59.1 Å². The number of benzene rings is 2. The minimum Gasteiger partial charge on any atom is -0.457 e. The molecule has 0 aromatic heterocycles. The molecule has 132 valence electrons. The molecule has 0 fully saturated rings. The van der Waals surface area contributed by atoms with Gasteiger partial charge in [0.2, 0.25) is 0 Å². The van der Waals surface area contributed by atoms with Crippen LogP contribution in [-0.4, -0.2) is 29.4 Å². The van der Waals surface area contributed by atoms with Crippen LogP contribution in [0.1, 0.15) is 17.3 Å². The predicted octanol–water partition coefficient (Wildman–Crippen LogP) is 4.43. The number of carbonyl (C=O) groups excluding carboxylic acids is 2. The lowest BCUT2D eigenvalue weighted by Crippen LogP contribution is -2.37. The normalized spacial score (nSPS) is 17.0. The molecule has 0 bridgehead atoms. The van der Waals surface area contributed by atoms with Crippen molar-refractivity contribution >= 4 is 29.8 Å². The highest BCUT2D eigenvalue weighted by Gasteiger charge is 2.39. The number of rotatable bonds is 4. The Bertz CT molecular complexity index is 899. The number of thioether (sulfide) groups is 1. The van der Waals surface area contributed by atoms with Gasteiger partial charge in [-0.25, -0.2) is 4.79 Å². The minimum atomic E-state index is -0.368. The van der Waals surface area contributed by atoms with Crippen molar-refractivity contribution in [3.63, 3.8) is 0 Å². The zero-order valence-electron chi connectivity index (χ0n) is 14.0. The fourth-order valence-electron chi connectivity index (χ4n) is 2.86. The number of ether oxygens (including phenoxy) is 2. The van der Waals surface area contributed by atoms with Crippen LogP contribution in [0, 0.1) is 0 Å². The summed E-state index contributed by atoms with van der Waals surface area (Å²) in [6.45, 7) is 2.12. The van der Waals surface area contributed by atoms with E-state index in [9.17, 15) is 9.59 Å². The third-order valence-corrected chi connectivity index (χ3v) is 5.32. The lowest BCUT2D eigenvalue weighted by Gasteiger charge is -2.23. The molecule has 26 heavy (non-hydrogen) atoms. The van der Waals surface area contributed by atoms with Crippen molar-refractivity contribution < 1.29 is 19.1 Å². The summed E-state index contributed by atoms with van der Waals surface area (Å²) in [7, 11) is 0. The molecule has 1 atom stereocenters. The van der Waals surface area contributed by atoms with Crippen molar-refractivity contribution in [2.24, 2.45) is 0 Å². The Hall–Kier alpha value is -2.93. The molecule has 0 saturated carbocycles. The van der Waals surface area contributed by atoms with Crippen molar-refractivity contribution in [3.05, 3.63) is 60.4 Å². The van der Waals surface area contributed by atoms with Crippen LogP contribution in [0.4, 0.5) is 10.5 Å². The molecule has 2 aromatic rings. The lowest BCUT2D eigenvalue weighted by molar-refractivity contribution is 0.112. The first-order chi connectivity index (χ1) is 12.7. The van der Waals surface area contributed by atoms with Gasteiger partial charge in [0, 0.05) is 23.4 Å². The van der Waals surface area contributed by atoms with Crippen LogP contribution < -0.4 is 9.64 Å². The minimum absolute atomic E-state index is 0.193. The second-order valence-electron chi connectivity index (χ2n) is 5.64. The summed E-state index contributed by atoms with van der Waals surface area (Å²) >= 11 is 1.57. The maximum absolute atomic E-state index is 12.1. The van der Waals surface area contributed by atoms with E-state index in [1.807, 2.05) is 35.4 Å². The monoisotopic (exact) mass is 368 g/mol. The number of fused-ring (bicyclic) bond motifs is 3. The number of carbonyl (C=O) groups is 2. The van der Waals surface area contributed by atoms with Gasteiger partial charge < -0.3 is 14.4 Å². The number of aldehydes is 1. The fourth-order valence-corrected chi connectivity index (χ4v) is 4.09. The molecule has 0 aliphatic carbocycles. The molecule has 0 radical (unpaired) electrons. The Morgan fingerprint density at radius 3 is 2.88 bits per heavy atom. The first kappa shape index (κ1) is 16.5. The summed E-state index contributed by atoms with van der Waals surface area (Å²) < 4.78 is 11.0. The number of amides is 1. The van der Waals surface area contributed by atoms with Gasteiger partial charge in [-0.1, -0.05) is 23.9 Å². The first-order valence-electron chi connectivity index (χ1n) is 8.16. The van der Waals surface area contributed by atoms with E-state index in [4.69, 9.17) is 9.47 Å². The second kappa shape index (κ2) is 6.76. The van der Waals surface area contributed by atoms with Gasteiger partial charge in [-0.2, -0.15) is 0 Å². The quantitative estimate of drug-likeness (QED) is 0.744. The number of para-hydroxylation sites is 1. The van der Waals surface area contributed by atoms with Gasteiger partial charge in [0.25, 0.3) is 0 Å². The summed E-state index contributed by atoms with van der Waals surface area (Å²) in [4.78, 5) is 27.8. The molecule has 2 aromatic carbocycles. The maximum Gasteiger partial charge on any atom is 0.416 e.